The van der Waals surface area contributed by atoms with Gasteiger partial charge in [0.2, 0.25) is 5.91 Å². The molecule has 2 aromatic rings. The number of amides is 1. The van der Waals surface area contributed by atoms with Gasteiger partial charge in [-0.15, -0.1) is 0 Å². The Bertz CT molecular complexity index is 1010. The van der Waals surface area contributed by atoms with Gasteiger partial charge in [-0.3, -0.25) is 19.8 Å². The van der Waals surface area contributed by atoms with Crippen LogP contribution in [-0.4, -0.2) is 42.0 Å². The molecule has 0 radical (unpaired) electrons. The third-order valence-electron chi connectivity index (χ3n) is 5.95. The number of likely N-dealkylation sites (tertiary alicyclic amines) is 1. The first-order valence-corrected chi connectivity index (χ1v) is 10.6. The summed E-state index contributed by atoms with van der Waals surface area (Å²) in [5, 5.41) is 14.2. The molecule has 0 aliphatic carbocycles. The molecule has 2 aliphatic heterocycles. The van der Waals surface area contributed by atoms with Crippen LogP contribution in [-0.2, 0) is 4.79 Å². The summed E-state index contributed by atoms with van der Waals surface area (Å²) in [6.07, 6.45) is 2.78. The van der Waals surface area contributed by atoms with Gasteiger partial charge in [0.05, 0.1) is 24.7 Å². The first-order chi connectivity index (χ1) is 14.9. The Balaban J connectivity index is 1.48. The van der Waals surface area contributed by atoms with Crippen LogP contribution in [0.1, 0.15) is 42.0 Å². The van der Waals surface area contributed by atoms with Gasteiger partial charge in [0.1, 0.15) is 5.69 Å². The van der Waals surface area contributed by atoms with Gasteiger partial charge in [0.25, 0.3) is 5.69 Å². The maximum absolute atomic E-state index is 12.8. The van der Waals surface area contributed by atoms with Gasteiger partial charge in [-0.05, 0) is 68.1 Å². The monoisotopic (exact) mass is 425 g/mol. The molecule has 1 saturated heterocycles. The van der Waals surface area contributed by atoms with Crippen molar-refractivity contribution in [2.24, 2.45) is 0 Å². The van der Waals surface area contributed by atoms with Gasteiger partial charge < -0.3 is 14.8 Å². The fraction of sp³-hybridized carbons (Fsp3) is 0.435. The van der Waals surface area contributed by atoms with Crippen molar-refractivity contribution in [3.8, 4) is 11.5 Å². The first-order valence-electron chi connectivity index (χ1n) is 10.6. The topological polar surface area (TPSA) is 93.9 Å². The van der Waals surface area contributed by atoms with Gasteiger partial charge in [0.15, 0.2) is 11.5 Å². The lowest BCUT2D eigenvalue weighted by atomic mass is 10.0. The molecule has 1 N–H and O–H groups in total. The molecular formula is C23H27N3O5. The maximum Gasteiger partial charge on any atom is 0.293 e. The van der Waals surface area contributed by atoms with E-state index in [1.807, 2.05) is 32.0 Å². The summed E-state index contributed by atoms with van der Waals surface area (Å²) in [6.45, 7) is 5.92. The van der Waals surface area contributed by atoms with Crippen LogP contribution in [0.25, 0.3) is 0 Å². The minimum Gasteiger partial charge on any atom is -0.490 e. The van der Waals surface area contributed by atoms with E-state index in [-0.39, 0.29) is 29.9 Å². The van der Waals surface area contributed by atoms with Crippen LogP contribution >= 0.6 is 0 Å². The molecule has 2 heterocycles. The number of nitro benzene ring substituents is 1. The number of carbonyl (C=O) groups excluding carboxylic acids is 1. The lowest BCUT2D eigenvalue weighted by molar-refractivity contribution is -0.384. The third-order valence-corrected chi connectivity index (χ3v) is 5.95. The quantitative estimate of drug-likeness (QED) is 0.571. The number of nitrogens with zero attached hydrogens (tertiary/aromatic N) is 2. The van der Waals surface area contributed by atoms with E-state index in [4.69, 9.17) is 9.47 Å². The second-order valence-corrected chi connectivity index (χ2v) is 8.14. The zero-order valence-electron chi connectivity index (χ0n) is 17.8. The number of anilines is 1. The van der Waals surface area contributed by atoms with Gasteiger partial charge in [-0.2, -0.15) is 0 Å². The Morgan fingerprint density at radius 2 is 1.87 bits per heavy atom. The molecule has 4 rings (SSSR count). The zero-order chi connectivity index (χ0) is 22.0. The molecule has 0 unspecified atom stereocenters. The molecular weight excluding hydrogens is 398 g/mol. The molecule has 0 aromatic heterocycles. The average molecular weight is 425 g/mol. The lowest BCUT2D eigenvalue weighted by Crippen LogP contribution is -2.33. The molecule has 1 amide bonds. The van der Waals surface area contributed by atoms with Crippen molar-refractivity contribution in [2.75, 3.05) is 31.6 Å². The summed E-state index contributed by atoms with van der Waals surface area (Å²) in [7, 11) is 0. The number of rotatable bonds is 5. The number of fused-ring (bicyclic) bond motifs is 1. The predicted octanol–water partition coefficient (Wildman–Crippen LogP) is 4.15. The number of hydrogen-bond donors (Lipinski definition) is 1. The van der Waals surface area contributed by atoms with Crippen molar-refractivity contribution < 1.29 is 19.2 Å². The summed E-state index contributed by atoms with van der Waals surface area (Å²) >= 11 is 0. The lowest BCUT2D eigenvalue weighted by Gasteiger charge is -2.25. The maximum atomic E-state index is 12.8. The van der Waals surface area contributed by atoms with Crippen LogP contribution in [0.5, 0.6) is 11.5 Å². The van der Waals surface area contributed by atoms with Crippen molar-refractivity contribution in [1.29, 1.82) is 0 Å². The number of carbonyl (C=O) groups is 1. The van der Waals surface area contributed by atoms with Gasteiger partial charge in [-0.25, -0.2) is 0 Å². The number of nitrogens with one attached hydrogen (secondary N) is 1. The van der Waals surface area contributed by atoms with Gasteiger partial charge in [0, 0.05) is 18.5 Å². The Morgan fingerprint density at radius 3 is 2.65 bits per heavy atom. The van der Waals surface area contributed by atoms with E-state index in [2.05, 4.69) is 10.2 Å². The largest absolute Gasteiger partial charge is 0.490 e. The number of ether oxygens (including phenoxy) is 2. The minimum atomic E-state index is -0.460. The van der Waals surface area contributed by atoms with E-state index < -0.39 is 4.92 Å². The molecule has 8 heteroatoms. The highest BCUT2D eigenvalue weighted by Crippen LogP contribution is 2.38. The van der Waals surface area contributed by atoms with Crippen molar-refractivity contribution >= 4 is 17.3 Å². The molecule has 2 aliphatic rings. The van der Waals surface area contributed by atoms with E-state index in [0.717, 1.165) is 54.0 Å². The Labute approximate surface area is 181 Å². The Kier molecular flexibility index (Phi) is 6.08. The molecule has 1 fully saturated rings. The van der Waals surface area contributed by atoms with Crippen LogP contribution in [0, 0.1) is 24.0 Å². The fourth-order valence-corrected chi connectivity index (χ4v) is 4.21. The standard InChI is InChI=1S/C23H27N3O5/c1-15-11-18(20(26(28)29)12-16(15)2)24-23(27)14-25-8-3-5-19(25)17-6-7-21-22(13-17)31-10-4-9-30-21/h6-7,11-13,19H,3-5,8-10,14H2,1-2H3,(H,24,27)/t19-/m1/s1. The molecule has 0 bridgehead atoms. The van der Waals surface area contributed by atoms with Gasteiger partial charge >= 0.3 is 0 Å². The molecule has 2 aromatic carbocycles. The molecule has 0 spiro atoms. The number of aryl methyl sites for hydroxylation is 2. The number of benzene rings is 2. The van der Waals surface area contributed by atoms with Crippen LogP contribution in [0.15, 0.2) is 30.3 Å². The Hall–Kier alpha value is -3.13. The summed E-state index contributed by atoms with van der Waals surface area (Å²) in [6, 6.07) is 9.24. The van der Waals surface area contributed by atoms with Crippen LogP contribution in [0.2, 0.25) is 0 Å². The van der Waals surface area contributed by atoms with Crippen LogP contribution < -0.4 is 14.8 Å². The predicted molar refractivity (Wildman–Crippen MR) is 117 cm³/mol. The summed E-state index contributed by atoms with van der Waals surface area (Å²) in [5.74, 6) is 1.25. The van der Waals surface area contributed by atoms with E-state index in [9.17, 15) is 14.9 Å². The highest BCUT2D eigenvalue weighted by atomic mass is 16.6. The van der Waals surface area contributed by atoms with E-state index in [1.54, 1.807) is 6.07 Å². The number of nitro groups is 1. The average Bonchev–Trinajstić information content (AvgIpc) is 3.05. The van der Waals surface area contributed by atoms with Crippen LogP contribution in [0.4, 0.5) is 11.4 Å². The van der Waals surface area contributed by atoms with Gasteiger partial charge in [-0.1, -0.05) is 6.07 Å². The molecule has 31 heavy (non-hydrogen) atoms. The highest BCUT2D eigenvalue weighted by Gasteiger charge is 2.29. The fourth-order valence-electron chi connectivity index (χ4n) is 4.21. The second kappa shape index (κ2) is 8.93. The zero-order valence-corrected chi connectivity index (χ0v) is 17.8. The van der Waals surface area contributed by atoms with E-state index >= 15 is 0 Å². The second-order valence-electron chi connectivity index (χ2n) is 8.14. The summed E-state index contributed by atoms with van der Waals surface area (Å²) in [5.41, 5.74) is 2.96. The van der Waals surface area contributed by atoms with Crippen molar-refractivity contribution in [3.63, 3.8) is 0 Å². The molecule has 1 atom stereocenters. The van der Waals surface area contributed by atoms with Crippen LogP contribution in [0.3, 0.4) is 0 Å². The molecule has 0 saturated carbocycles. The number of hydrogen-bond acceptors (Lipinski definition) is 6. The summed E-state index contributed by atoms with van der Waals surface area (Å²) < 4.78 is 11.5. The molecule has 164 valence electrons. The van der Waals surface area contributed by atoms with Crippen molar-refractivity contribution in [1.82, 2.24) is 4.90 Å². The molecule has 8 nitrogen and oxygen atoms in total. The van der Waals surface area contributed by atoms with E-state index in [0.29, 0.717) is 13.2 Å². The highest BCUT2D eigenvalue weighted by molar-refractivity contribution is 5.94. The third kappa shape index (κ3) is 4.64. The van der Waals surface area contributed by atoms with Crippen molar-refractivity contribution in [2.45, 2.75) is 39.2 Å². The first kappa shape index (κ1) is 21.1. The SMILES string of the molecule is Cc1cc(NC(=O)CN2CCC[C@@H]2c2ccc3c(c2)OCCCO3)c([N+](=O)[O-])cc1C. The minimum absolute atomic E-state index is 0.0858. The van der Waals surface area contributed by atoms with E-state index in [1.165, 1.54) is 6.07 Å². The summed E-state index contributed by atoms with van der Waals surface area (Å²) in [4.78, 5) is 25.8. The Morgan fingerprint density at radius 1 is 1.13 bits per heavy atom. The van der Waals surface area contributed by atoms with Crippen molar-refractivity contribution in [3.05, 3.63) is 57.1 Å². The normalized spacial score (nSPS) is 18.5. The smallest absolute Gasteiger partial charge is 0.293 e.